The van der Waals surface area contributed by atoms with Gasteiger partial charge in [-0.15, -0.1) is 17.9 Å². The van der Waals surface area contributed by atoms with E-state index >= 15 is 0 Å². The number of hydrogen-bond donors (Lipinski definition) is 0. The van der Waals surface area contributed by atoms with Crippen LogP contribution in [-0.4, -0.2) is 41.3 Å². The third kappa shape index (κ3) is 8.00. The highest BCUT2D eigenvalue weighted by atomic mass is 32.1. The van der Waals surface area contributed by atoms with E-state index in [1.807, 2.05) is 60.7 Å². The highest BCUT2D eigenvalue weighted by molar-refractivity contribution is 7.11. The van der Waals surface area contributed by atoms with Gasteiger partial charge in [0.15, 0.2) is 0 Å². The Morgan fingerprint density at radius 2 is 1.55 bits per heavy atom. The standard InChI is InChI=1S/C27H30N2O3S/c1-3-16-28(27(31)21-32-20-24-12-8-5-9-13-24)19-26(30)29(17-23-10-6-4-7-11-23)18-25-15-14-22(2)33-25/h3-15H,1,16-21H2,2H3. The predicted molar refractivity (Wildman–Crippen MR) is 133 cm³/mol. The maximum Gasteiger partial charge on any atom is 0.249 e. The molecule has 0 fully saturated rings. The summed E-state index contributed by atoms with van der Waals surface area (Å²) < 4.78 is 5.60. The fourth-order valence-corrected chi connectivity index (χ4v) is 4.30. The summed E-state index contributed by atoms with van der Waals surface area (Å²) in [6, 6.07) is 23.7. The summed E-state index contributed by atoms with van der Waals surface area (Å²) in [7, 11) is 0. The molecule has 0 bridgehead atoms. The Kier molecular flexibility index (Phi) is 9.42. The Balaban J connectivity index is 1.64. The number of carbonyl (C=O) groups is 2. The molecule has 5 nitrogen and oxygen atoms in total. The van der Waals surface area contributed by atoms with Gasteiger partial charge in [-0.25, -0.2) is 0 Å². The van der Waals surface area contributed by atoms with Crippen molar-refractivity contribution < 1.29 is 14.3 Å². The average Bonchev–Trinajstić information content (AvgIpc) is 3.24. The zero-order valence-corrected chi connectivity index (χ0v) is 19.8. The minimum atomic E-state index is -0.231. The molecule has 0 aliphatic rings. The summed E-state index contributed by atoms with van der Waals surface area (Å²) in [6.07, 6.45) is 1.63. The average molecular weight is 463 g/mol. The molecule has 0 atom stereocenters. The minimum Gasteiger partial charge on any atom is -0.367 e. The molecule has 6 heteroatoms. The number of benzene rings is 2. The highest BCUT2D eigenvalue weighted by Crippen LogP contribution is 2.19. The van der Waals surface area contributed by atoms with Crippen LogP contribution < -0.4 is 0 Å². The van der Waals surface area contributed by atoms with Crippen LogP contribution in [0, 0.1) is 6.92 Å². The molecule has 1 aromatic heterocycles. The zero-order chi connectivity index (χ0) is 23.5. The molecule has 33 heavy (non-hydrogen) atoms. The van der Waals surface area contributed by atoms with Crippen molar-refractivity contribution in [1.29, 1.82) is 0 Å². The predicted octanol–water partition coefficient (Wildman–Crippen LogP) is 4.82. The first-order valence-electron chi connectivity index (χ1n) is 10.9. The molecule has 1 heterocycles. The van der Waals surface area contributed by atoms with Crippen LogP contribution in [0.2, 0.25) is 0 Å². The second kappa shape index (κ2) is 12.7. The molecule has 0 radical (unpaired) electrons. The van der Waals surface area contributed by atoms with E-state index in [1.54, 1.807) is 22.3 Å². The molecular weight excluding hydrogens is 432 g/mol. The maximum absolute atomic E-state index is 13.3. The maximum atomic E-state index is 13.3. The van der Waals surface area contributed by atoms with Crippen LogP contribution in [-0.2, 0) is 34.0 Å². The molecule has 3 aromatic rings. The van der Waals surface area contributed by atoms with Crippen LogP contribution in [0.5, 0.6) is 0 Å². The van der Waals surface area contributed by atoms with Gasteiger partial charge in [0.1, 0.15) is 13.2 Å². The number of thiophene rings is 1. The first-order valence-corrected chi connectivity index (χ1v) is 11.7. The van der Waals surface area contributed by atoms with Gasteiger partial charge < -0.3 is 14.5 Å². The monoisotopic (exact) mass is 462 g/mol. The van der Waals surface area contributed by atoms with E-state index in [1.165, 1.54) is 9.78 Å². The molecule has 2 amide bonds. The second-order valence-electron chi connectivity index (χ2n) is 7.79. The Morgan fingerprint density at radius 1 is 0.879 bits per heavy atom. The molecule has 172 valence electrons. The van der Waals surface area contributed by atoms with Gasteiger partial charge in [-0.2, -0.15) is 0 Å². The van der Waals surface area contributed by atoms with Gasteiger partial charge in [-0.05, 0) is 30.2 Å². The first-order chi connectivity index (χ1) is 16.0. The summed E-state index contributed by atoms with van der Waals surface area (Å²) in [5.74, 6) is -0.339. The Labute approximate surface area is 199 Å². The zero-order valence-electron chi connectivity index (χ0n) is 19.0. The quantitative estimate of drug-likeness (QED) is 0.363. The van der Waals surface area contributed by atoms with E-state index in [-0.39, 0.29) is 31.5 Å². The van der Waals surface area contributed by atoms with Gasteiger partial charge in [-0.3, -0.25) is 9.59 Å². The van der Waals surface area contributed by atoms with Crippen molar-refractivity contribution in [2.45, 2.75) is 26.6 Å². The third-order valence-electron chi connectivity index (χ3n) is 5.08. The van der Waals surface area contributed by atoms with Crippen LogP contribution in [0.1, 0.15) is 20.9 Å². The number of rotatable bonds is 12. The largest absolute Gasteiger partial charge is 0.367 e. The van der Waals surface area contributed by atoms with Crippen molar-refractivity contribution in [3.05, 3.63) is 106 Å². The van der Waals surface area contributed by atoms with Crippen molar-refractivity contribution in [2.75, 3.05) is 19.7 Å². The van der Waals surface area contributed by atoms with Crippen LogP contribution in [0.3, 0.4) is 0 Å². The molecular formula is C27H30N2O3S. The summed E-state index contributed by atoms with van der Waals surface area (Å²) in [5, 5.41) is 0. The lowest BCUT2D eigenvalue weighted by Gasteiger charge is -2.27. The Bertz CT molecular complexity index is 1030. The SMILES string of the molecule is C=CCN(CC(=O)N(Cc1ccccc1)Cc1ccc(C)s1)C(=O)COCc1ccccc1. The van der Waals surface area contributed by atoms with Gasteiger partial charge >= 0.3 is 0 Å². The second-order valence-corrected chi connectivity index (χ2v) is 9.16. The number of carbonyl (C=O) groups excluding carboxylic acids is 2. The van der Waals surface area contributed by atoms with E-state index in [9.17, 15) is 9.59 Å². The Morgan fingerprint density at radius 3 is 2.15 bits per heavy atom. The van der Waals surface area contributed by atoms with Crippen LogP contribution in [0.4, 0.5) is 0 Å². The summed E-state index contributed by atoms with van der Waals surface area (Å²) in [4.78, 5) is 31.7. The van der Waals surface area contributed by atoms with Gasteiger partial charge in [0.2, 0.25) is 11.8 Å². The number of hydrogen-bond acceptors (Lipinski definition) is 4. The number of ether oxygens (including phenoxy) is 1. The van der Waals surface area contributed by atoms with E-state index in [0.29, 0.717) is 19.7 Å². The smallest absolute Gasteiger partial charge is 0.249 e. The minimum absolute atomic E-state index is 0.0171. The Hall–Kier alpha value is -3.22. The highest BCUT2D eigenvalue weighted by Gasteiger charge is 2.21. The van der Waals surface area contributed by atoms with Gasteiger partial charge in [-0.1, -0.05) is 66.7 Å². The molecule has 0 N–H and O–H groups in total. The lowest BCUT2D eigenvalue weighted by Crippen LogP contribution is -2.43. The van der Waals surface area contributed by atoms with E-state index in [4.69, 9.17) is 4.74 Å². The van der Waals surface area contributed by atoms with Crippen LogP contribution in [0.15, 0.2) is 85.5 Å². The first kappa shape index (κ1) is 24.4. The fraction of sp³-hybridized carbons (Fsp3) is 0.259. The van der Waals surface area contributed by atoms with Crippen LogP contribution in [0.25, 0.3) is 0 Å². The number of amides is 2. The van der Waals surface area contributed by atoms with Gasteiger partial charge in [0.05, 0.1) is 13.2 Å². The van der Waals surface area contributed by atoms with Crippen molar-refractivity contribution in [1.82, 2.24) is 9.80 Å². The summed E-state index contributed by atoms with van der Waals surface area (Å²) >= 11 is 1.68. The molecule has 0 aliphatic carbocycles. The molecule has 0 saturated carbocycles. The van der Waals surface area contributed by atoms with Crippen molar-refractivity contribution in [3.63, 3.8) is 0 Å². The molecule has 0 spiro atoms. The van der Waals surface area contributed by atoms with Gasteiger partial charge in [0, 0.05) is 22.8 Å². The van der Waals surface area contributed by atoms with Gasteiger partial charge in [0.25, 0.3) is 0 Å². The van der Waals surface area contributed by atoms with E-state index in [2.05, 4.69) is 25.6 Å². The van der Waals surface area contributed by atoms with Crippen molar-refractivity contribution in [3.8, 4) is 0 Å². The lowest BCUT2D eigenvalue weighted by atomic mass is 10.2. The number of nitrogens with zero attached hydrogens (tertiary/aromatic N) is 2. The molecule has 2 aromatic carbocycles. The fourth-order valence-electron chi connectivity index (χ4n) is 3.39. The molecule has 3 rings (SSSR count). The normalized spacial score (nSPS) is 10.6. The van der Waals surface area contributed by atoms with Crippen LogP contribution >= 0.6 is 11.3 Å². The summed E-state index contributed by atoms with van der Waals surface area (Å²) in [5.41, 5.74) is 2.05. The van der Waals surface area contributed by atoms with E-state index < -0.39 is 0 Å². The molecule has 0 aliphatic heterocycles. The number of aryl methyl sites for hydroxylation is 1. The molecule has 0 unspecified atom stereocenters. The summed E-state index contributed by atoms with van der Waals surface area (Å²) in [6.45, 7) is 7.32. The molecule has 0 saturated heterocycles. The third-order valence-corrected chi connectivity index (χ3v) is 6.06. The van der Waals surface area contributed by atoms with E-state index in [0.717, 1.165) is 16.0 Å². The van der Waals surface area contributed by atoms with Crippen molar-refractivity contribution >= 4 is 23.2 Å². The topological polar surface area (TPSA) is 49.9 Å². The van der Waals surface area contributed by atoms with Crippen molar-refractivity contribution in [2.24, 2.45) is 0 Å². The lowest BCUT2D eigenvalue weighted by molar-refractivity contribution is -0.143.